The highest BCUT2D eigenvalue weighted by Gasteiger charge is 2.14. The Labute approximate surface area is 148 Å². The van der Waals surface area contributed by atoms with E-state index in [-0.39, 0.29) is 17.1 Å². The highest BCUT2D eigenvalue weighted by molar-refractivity contribution is 6.34. The van der Waals surface area contributed by atoms with Crippen LogP contribution in [0.3, 0.4) is 0 Å². The first-order valence-electron chi connectivity index (χ1n) is 7.20. The zero-order chi connectivity index (χ0) is 18.4. The van der Waals surface area contributed by atoms with Crippen molar-refractivity contribution in [3.63, 3.8) is 0 Å². The number of rotatable bonds is 6. The second-order valence-electron chi connectivity index (χ2n) is 4.90. The number of benzene rings is 2. The van der Waals surface area contributed by atoms with Crippen LogP contribution in [0.1, 0.15) is 10.4 Å². The van der Waals surface area contributed by atoms with Gasteiger partial charge in [0.05, 0.1) is 37.0 Å². The molecule has 0 unspecified atom stereocenters. The second-order valence-corrected chi connectivity index (χ2v) is 5.30. The molecule has 0 aliphatic carbocycles. The van der Waals surface area contributed by atoms with E-state index in [2.05, 4.69) is 10.6 Å². The fourth-order valence-corrected chi connectivity index (χ4v) is 2.25. The highest BCUT2D eigenvalue weighted by Crippen LogP contribution is 2.35. The van der Waals surface area contributed by atoms with Crippen LogP contribution in [0.25, 0.3) is 0 Å². The molecule has 0 aliphatic rings. The standard InChI is InChI=1S/C17H16ClFN2O4/c1-24-14-7-11(18)13(8-15(14)25-2)21-16(22)9-20-17(23)10-5-3-4-6-12(10)19/h3-8H,9H2,1-2H3,(H,20,23)(H,21,22). The first kappa shape index (κ1) is 18.5. The molecule has 0 spiro atoms. The second kappa shape index (κ2) is 8.34. The molecule has 0 fully saturated rings. The van der Waals surface area contributed by atoms with E-state index in [1.807, 2.05) is 0 Å². The summed E-state index contributed by atoms with van der Waals surface area (Å²) in [5.74, 6) is -1.08. The molecule has 0 radical (unpaired) electrons. The Balaban J connectivity index is 2.01. The number of ether oxygens (including phenoxy) is 2. The third-order valence-electron chi connectivity index (χ3n) is 3.28. The smallest absolute Gasteiger partial charge is 0.254 e. The van der Waals surface area contributed by atoms with E-state index in [1.165, 1.54) is 50.6 Å². The Morgan fingerprint density at radius 1 is 1.12 bits per heavy atom. The van der Waals surface area contributed by atoms with Gasteiger partial charge in [-0.3, -0.25) is 9.59 Å². The minimum atomic E-state index is -0.688. The molecule has 2 N–H and O–H groups in total. The van der Waals surface area contributed by atoms with E-state index in [9.17, 15) is 14.0 Å². The summed E-state index contributed by atoms with van der Waals surface area (Å²) in [5.41, 5.74) is 0.156. The third kappa shape index (κ3) is 4.60. The number of amides is 2. The van der Waals surface area contributed by atoms with Crippen LogP contribution in [0.2, 0.25) is 5.02 Å². The minimum absolute atomic E-state index is 0.139. The molecule has 0 aromatic heterocycles. The maximum atomic E-state index is 13.5. The van der Waals surface area contributed by atoms with Crippen LogP contribution in [0.5, 0.6) is 11.5 Å². The van der Waals surface area contributed by atoms with Gasteiger partial charge in [0.25, 0.3) is 5.91 Å². The summed E-state index contributed by atoms with van der Waals surface area (Å²) in [4.78, 5) is 23.9. The number of anilines is 1. The van der Waals surface area contributed by atoms with Crippen LogP contribution in [0, 0.1) is 5.82 Å². The fraction of sp³-hybridized carbons (Fsp3) is 0.176. The molecule has 25 heavy (non-hydrogen) atoms. The van der Waals surface area contributed by atoms with E-state index in [4.69, 9.17) is 21.1 Å². The molecule has 0 saturated carbocycles. The van der Waals surface area contributed by atoms with Gasteiger partial charge in [0.15, 0.2) is 11.5 Å². The summed E-state index contributed by atoms with van der Waals surface area (Å²) >= 11 is 6.07. The van der Waals surface area contributed by atoms with Crippen LogP contribution < -0.4 is 20.1 Å². The van der Waals surface area contributed by atoms with Crippen LogP contribution in [0.4, 0.5) is 10.1 Å². The van der Waals surface area contributed by atoms with Crippen molar-refractivity contribution >= 4 is 29.1 Å². The molecule has 2 aromatic rings. The Hall–Kier alpha value is -2.80. The Kier molecular flexibility index (Phi) is 6.19. The van der Waals surface area contributed by atoms with Gasteiger partial charge in [0.1, 0.15) is 5.82 Å². The van der Waals surface area contributed by atoms with E-state index in [1.54, 1.807) is 0 Å². The van der Waals surface area contributed by atoms with Gasteiger partial charge in [0.2, 0.25) is 5.91 Å². The summed E-state index contributed by atoms with van der Waals surface area (Å²) in [6, 6.07) is 8.48. The number of carbonyl (C=O) groups excluding carboxylic acids is 2. The van der Waals surface area contributed by atoms with Gasteiger partial charge in [-0.05, 0) is 12.1 Å². The van der Waals surface area contributed by atoms with Gasteiger partial charge in [-0.25, -0.2) is 4.39 Å². The maximum absolute atomic E-state index is 13.5. The van der Waals surface area contributed by atoms with Crippen molar-refractivity contribution in [2.45, 2.75) is 0 Å². The van der Waals surface area contributed by atoms with E-state index in [0.717, 1.165) is 0 Å². The molecule has 132 valence electrons. The molecular weight excluding hydrogens is 351 g/mol. The van der Waals surface area contributed by atoms with Crippen LogP contribution in [-0.4, -0.2) is 32.6 Å². The molecule has 2 amide bonds. The summed E-state index contributed by atoms with van der Waals surface area (Å²) in [5, 5.41) is 5.13. The summed E-state index contributed by atoms with van der Waals surface area (Å²) in [6.45, 7) is -0.349. The van der Waals surface area contributed by atoms with E-state index >= 15 is 0 Å². The van der Waals surface area contributed by atoms with Gasteiger partial charge in [-0.1, -0.05) is 23.7 Å². The lowest BCUT2D eigenvalue weighted by Gasteiger charge is -2.13. The molecule has 8 heteroatoms. The molecule has 2 rings (SSSR count). The number of hydrogen-bond acceptors (Lipinski definition) is 4. The average molecular weight is 367 g/mol. The zero-order valence-corrected chi connectivity index (χ0v) is 14.3. The van der Waals surface area contributed by atoms with Crippen molar-refractivity contribution < 1.29 is 23.5 Å². The molecule has 0 atom stereocenters. The van der Waals surface area contributed by atoms with Gasteiger partial charge in [-0.15, -0.1) is 0 Å². The lowest BCUT2D eigenvalue weighted by molar-refractivity contribution is -0.115. The number of halogens is 2. The monoisotopic (exact) mass is 366 g/mol. The van der Waals surface area contributed by atoms with Gasteiger partial charge >= 0.3 is 0 Å². The van der Waals surface area contributed by atoms with Crippen LogP contribution >= 0.6 is 11.6 Å². The van der Waals surface area contributed by atoms with Crippen molar-refractivity contribution in [3.05, 3.63) is 52.8 Å². The Morgan fingerprint density at radius 2 is 1.76 bits per heavy atom. The molecular formula is C17H16ClFN2O4. The number of methoxy groups -OCH3 is 2. The SMILES string of the molecule is COc1cc(Cl)c(NC(=O)CNC(=O)c2ccccc2F)cc1OC. The lowest BCUT2D eigenvalue weighted by Crippen LogP contribution is -2.33. The van der Waals surface area contributed by atoms with Crippen molar-refractivity contribution in [3.8, 4) is 11.5 Å². The minimum Gasteiger partial charge on any atom is -0.493 e. The van der Waals surface area contributed by atoms with Crippen molar-refractivity contribution in [1.29, 1.82) is 0 Å². The summed E-state index contributed by atoms with van der Waals surface area (Å²) < 4.78 is 23.8. The third-order valence-corrected chi connectivity index (χ3v) is 3.59. The zero-order valence-electron chi connectivity index (χ0n) is 13.6. The predicted molar refractivity (Wildman–Crippen MR) is 91.9 cm³/mol. The number of hydrogen-bond donors (Lipinski definition) is 2. The topological polar surface area (TPSA) is 76.7 Å². The largest absolute Gasteiger partial charge is 0.493 e. The van der Waals surface area contributed by atoms with Crippen molar-refractivity contribution in [1.82, 2.24) is 5.32 Å². The normalized spacial score (nSPS) is 10.1. The van der Waals surface area contributed by atoms with Crippen LogP contribution in [-0.2, 0) is 4.79 Å². The first-order chi connectivity index (χ1) is 12.0. The van der Waals surface area contributed by atoms with Gasteiger partial charge in [-0.2, -0.15) is 0 Å². The average Bonchev–Trinajstić information content (AvgIpc) is 2.61. The summed E-state index contributed by atoms with van der Waals surface area (Å²) in [6.07, 6.45) is 0. The molecule has 0 aliphatic heterocycles. The predicted octanol–water partition coefficient (Wildman–Crippen LogP) is 2.86. The van der Waals surface area contributed by atoms with Gasteiger partial charge < -0.3 is 20.1 Å². The maximum Gasteiger partial charge on any atom is 0.254 e. The number of carbonyl (C=O) groups is 2. The Bertz CT molecular complexity index is 798. The molecule has 0 saturated heterocycles. The number of nitrogens with one attached hydrogen (secondary N) is 2. The van der Waals surface area contributed by atoms with Crippen LogP contribution in [0.15, 0.2) is 36.4 Å². The molecule has 2 aromatic carbocycles. The Morgan fingerprint density at radius 3 is 2.40 bits per heavy atom. The van der Waals surface area contributed by atoms with Crippen molar-refractivity contribution in [2.24, 2.45) is 0 Å². The van der Waals surface area contributed by atoms with Crippen molar-refractivity contribution in [2.75, 3.05) is 26.1 Å². The molecule has 0 heterocycles. The summed E-state index contributed by atoms with van der Waals surface area (Å²) in [7, 11) is 2.91. The quantitative estimate of drug-likeness (QED) is 0.824. The highest BCUT2D eigenvalue weighted by atomic mass is 35.5. The van der Waals surface area contributed by atoms with Gasteiger partial charge in [0, 0.05) is 12.1 Å². The fourth-order valence-electron chi connectivity index (χ4n) is 2.05. The van der Waals surface area contributed by atoms with E-state index < -0.39 is 17.6 Å². The molecule has 0 bridgehead atoms. The molecule has 6 nitrogen and oxygen atoms in total. The lowest BCUT2D eigenvalue weighted by atomic mass is 10.2. The first-order valence-corrected chi connectivity index (χ1v) is 7.58. The van der Waals surface area contributed by atoms with E-state index in [0.29, 0.717) is 17.2 Å².